The van der Waals surface area contributed by atoms with Crippen LogP contribution in [0.5, 0.6) is 0 Å². The van der Waals surface area contributed by atoms with E-state index in [-0.39, 0.29) is 11.4 Å². The lowest BCUT2D eigenvalue weighted by molar-refractivity contribution is 0.629. The Morgan fingerprint density at radius 3 is 2.86 bits per heavy atom. The number of halogens is 1. The monoisotopic (exact) mass is 191 g/mol. The predicted molar refractivity (Wildman–Crippen MR) is 53.9 cm³/mol. The molecule has 1 heterocycles. The molecule has 0 amide bonds. The molecule has 3 heteroatoms. The van der Waals surface area contributed by atoms with Crippen molar-refractivity contribution in [2.45, 2.75) is 13.3 Å². The number of hydrogen-bond acceptors (Lipinski definition) is 1. The molecule has 1 aromatic carbocycles. The van der Waals surface area contributed by atoms with Crippen molar-refractivity contribution in [3.05, 3.63) is 46.0 Å². The van der Waals surface area contributed by atoms with Crippen molar-refractivity contribution in [3.63, 3.8) is 0 Å². The number of hydrogen-bond donors (Lipinski definition) is 1. The van der Waals surface area contributed by atoms with Crippen molar-refractivity contribution in [2.24, 2.45) is 0 Å². The van der Waals surface area contributed by atoms with E-state index in [0.29, 0.717) is 17.5 Å². The minimum Gasteiger partial charge on any atom is -0.322 e. The second kappa shape index (κ2) is 3.25. The molecule has 0 aliphatic rings. The maximum absolute atomic E-state index is 12.9. The van der Waals surface area contributed by atoms with Crippen LogP contribution in [0.1, 0.15) is 12.5 Å². The standard InChI is InChI=1S/C11H10FNO/c1-2-7-5-8-6-9(12)3-4-10(8)13-11(7)14/h3-6H,2H2,1H3,(H,13,14). The van der Waals surface area contributed by atoms with Crippen LogP contribution >= 0.6 is 0 Å². The highest BCUT2D eigenvalue weighted by Gasteiger charge is 2.01. The third-order valence-electron chi connectivity index (χ3n) is 2.26. The van der Waals surface area contributed by atoms with Gasteiger partial charge < -0.3 is 4.98 Å². The Morgan fingerprint density at radius 1 is 1.36 bits per heavy atom. The highest BCUT2D eigenvalue weighted by Crippen LogP contribution is 2.12. The average Bonchev–Trinajstić information content (AvgIpc) is 2.17. The van der Waals surface area contributed by atoms with Gasteiger partial charge in [0.15, 0.2) is 0 Å². The van der Waals surface area contributed by atoms with Gasteiger partial charge in [-0.2, -0.15) is 0 Å². The van der Waals surface area contributed by atoms with E-state index in [2.05, 4.69) is 4.98 Å². The normalized spacial score (nSPS) is 10.7. The van der Waals surface area contributed by atoms with Gasteiger partial charge in [0.25, 0.3) is 5.56 Å². The van der Waals surface area contributed by atoms with Crippen molar-refractivity contribution in [3.8, 4) is 0 Å². The van der Waals surface area contributed by atoms with Crippen LogP contribution < -0.4 is 5.56 Å². The number of aromatic nitrogens is 1. The van der Waals surface area contributed by atoms with Gasteiger partial charge in [0.1, 0.15) is 5.82 Å². The van der Waals surface area contributed by atoms with E-state index in [4.69, 9.17) is 0 Å². The predicted octanol–water partition coefficient (Wildman–Crippen LogP) is 2.23. The van der Waals surface area contributed by atoms with Gasteiger partial charge in [-0.25, -0.2) is 4.39 Å². The first-order chi connectivity index (χ1) is 6.70. The summed E-state index contributed by atoms with van der Waals surface area (Å²) in [6.07, 6.45) is 0.655. The SMILES string of the molecule is CCc1cc2cc(F)ccc2[nH]c1=O. The van der Waals surface area contributed by atoms with Gasteiger partial charge in [-0.05, 0) is 30.7 Å². The summed E-state index contributed by atoms with van der Waals surface area (Å²) >= 11 is 0. The first kappa shape index (κ1) is 8.94. The van der Waals surface area contributed by atoms with Crippen molar-refractivity contribution in [1.29, 1.82) is 0 Å². The minimum absolute atomic E-state index is 0.0911. The van der Waals surface area contributed by atoms with Crippen LogP contribution in [0.4, 0.5) is 4.39 Å². The van der Waals surface area contributed by atoms with Crippen molar-refractivity contribution >= 4 is 10.9 Å². The Morgan fingerprint density at radius 2 is 2.14 bits per heavy atom. The van der Waals surface area contributed by atoms with Gasteiger partial charge in [0, 0.05) is 16.5 Å². The van der Waals surface area contributed by atoms with Crippen LogP contribution in [0.3, 0.4) is 0 Å². The molecule has 1 aromatic heterocycles. The molecule has 0 atom stereocenters. The van der Waals surface area contributed by atoms with Crippen LogP contribution in [0.15, 0.2) is 29.1 Å². The third-order valence-corrected chi connectivity index (χ3v) is 2.26. The number of rotatable bonds is 1. The van der Waals surface area contributed by atoms with Gasteiger partial charge in [-0.1, -0.05) is 6.92 Å². The molecule has 0 fully saturated rings. The Bertz CT molecular complexity index is 530. The molecule has 0 saturated carbocycles. The van der Waals surface area contributed by atoms with E-state index in [1.54, 1.807) is 12.1 Å². The lowest BCUT2D eigenvalue weighted by atomic mass is 10.1. The molecule has 72 valence electrons. The lowest BCUT2D eigenvalue weighted by Gasteiger charge is -2.00. The zero-order valence-corrected chi connectivity index (χ0v) is 7.80. The second-order valence-corrected chi connectivity index (χ2v) is 3.21. The Kier molecular flexibility index (Phi) is 2.08. The van der Waals surface area contributed by atoms with Gasteiger partial charge in [0.2, 0.25) is 0 Å². The Labute approximate surface area is 80.4 Å². The van der Waals surface area contributed by atoms with Crippen LogP contribution in [0, 0.1) is 5.82 Å². The molecule has 0 aliphatic heterocycles. The van der Waals surface area contributed by atoms with Gasteiger partial charge >= 0.3 is 0 Å². The first-order valence-electron chi connectivity index (χ1n) is 4.52. The van der Waals surface area contributed by atoms with Crippen molar-refractivity contribution in [2.75, 3.05) is 0 Å². The molecule has 0 bridgehead atoms. The molecule has 2 nitrogen and oxygen atoms in total. The molecular weight excluding hydrogens is 181 g/mol. The molecular formula is C11H10FNO. The maximum atomic E-state index is 12.9. The van der Waals surface area contributed by atoms with Crippen LogP contribution in [0.25, 0.3) is 10.9 Å². The van der Waals surface area contributed by atoms with Crippen LogP contribution in [-0.4, -0.2) is 4.98 Å². The fourth-order valence-corrected chi connectivity index (χ4v) is 1.49. The molecule has 0 saturated heterocycles. The molecule has 0 radical (unpaired) electrons. The summed E-state index contributed by atoms with van der Waals surface area (Å²) < 4.78 is 12.9. The first-order valence-corrected chi connectivity index (χ1v) is 4.52. The van der Waals surface area contributed by atoms with Gasteiger partial charge in [-0.3, -0.25) is 4.79 Å². The zero-order valence-electron chi connectivity index (χ0n) is 7.80. The van der Waals surface area contributed by atoms with E-state index in [9.17, 15) is 9.18 Å². The number of H-pyrrole nitrogens is 1. The Balaban J connectivity index is 2.80. The molecule has 2 rings (SSSR count). The number of fused-ring (bicyclic) bond motifs is 1. The third kappa shape index (κ3) is 1.41. The van der Waals surface area contributed by atoms with E-state index in [1.165, 1.54) is 12.1 Å². The summed E-state index contributed by atoms with van der Waals surface area (Å²) in [6, 6.07) is 6.07. The zero-order chi connectivity index (χ0) is 10.1. The summed E-state index contributed by atoms with van der Waals surface area (Å²) in [6.45, 7) is 1.90. The quantitative estimate of drug-likeness (QED) is 0.736. The molecule has 0 aliphatic carbocycles. The molecule has 1 N–H and O–H groups in total. The number of nitrogens with one attached hydrogen (secondary N) is 1. The fraction of sp³-hybridized carbons (Fsp3) is 0.182. The van der Waals surface area contributed by atoms with Crippen LogP contribution in [0.2, 0.25) is 0 Å². The largest absolute Gasteiger partial charge is 0.322 e. The molecule has 0 unspecified atom stereocenters. The smallest absolute Gasteiger partial charge is 0.251 e. The highest BCUT2D eigenvalue weighted by atomic mass is 19.1. The van der Waals surface area contributed by atoms with Gasteiger partial charge in [-0.15, -0.1) is 0 Å². The highest BCUT2D eigenvalue weighted by molar-refractivity contribution is 5.78. The topological polar surface area (TPSA) is 32.9 Å². The lowest BCUT2D eigenvalue weighted by Crippen LogP contribution is -2.11. The summed E-state index contributed by atoms with van der Waals surface area (Å²) in [5.41, 5.74) is 1.27. The maximum Gasteiger partial charge on any atom is 0.251 e. The van der Waals surface area contributed by atoms with Gasteiger partial charge in [0.05, 0.1) is 0 Å². The number of aryl methyl sites for hydroxylation is 1. The van der Waals surface area contributed by atoms with E-state index in [1.807, 2.05) is 6.92 Å². The number of aromatic amines is 1. The summed E-state index contributed by atoms with van der Waals surface area (Å²) in [5, 5.41) is 0.737. The van der Waals surface area contributed by atoms with E-state index in [0.717, 1.165) is 5.39 Å². The fourth-order valence-electron chi connectivity index (χ4n) is 1.49. The second-order valence-electron chi connectivity index (χ2n) is 3.21. The number of pyridine rings is 1. The summed E-state index contributed by atoms with van der Waals surface area (Å²) in [7, 11) is 0. The minimum atomic E-state index is -0.286. The molecule has 14 heavy (non-hydrogen) atoms. The van der Waals surface area contributed by atoms with E-state index >= 15 is 0 Å². The summed E-state index contributed by atoms with van der Waals surface area (Å²) in [5.74, 6) is -0.286. The average molecular weight is 191 g/mol. The van der Waals surface area contributed by atoms with Crippen LogP contribution in [-0.2, 0) is 6.42 Å². The van der Waals surface area contributed by atoms with E-state index < -0.39 is 0 Å². The summed E-state index contributed by atoms with van der Waals surface area (Å²) in [4.78, 5) is 14.1. The van der Waals surface area contributed by atoms with Crippen molar-refractivity contribution < 1.29 is 4.39 Å². The van der Waals surface area contributed by atoms with Crippen molar-refractivity contribution in [1.82, 2.24) is 4.98 Å². The Hall–Kier alpha value is -1.64. The molecule has 0 spiro atoms. The molecule has 2 aromatic rings. The number of benzene rings is 1.